The second-order valence-electron chi connectivity index (χ2n) is 9.01. The SMILES string of the molecule is CCNC(=O)NNc1c(C)c(C2=CCC=NC2)nc2c(CC)cc(C3=CCCC(C)=C3C)cc12. The van der Waals surface area contributed by atoms with Crippen molar-refractivity contribution in [3.05, 3.63) is 57.8 Å². The molecule has 1 aromatic heterocycles. The van der Waals surface area contributed by atoms with E-state index in [9.17, 15) is 4.79 Å². The van der Waals surface area contributed by atoms with Gasteiger partial charge in [0.25, 0.3) is 0 Å². The second kappa shape index (κ2) is 10.2. The smallest absolute Gasteiger partial charge is 0.333 e. The minimum atomic E-state index is -0.258. The number of amides is 2. The summed E-state index contributed by atoms with van der Waals surface area (Å²) in [6, 6.07) is 4.25. The molecule has 6 nitrogen and oxygen atoms in total. The highest BCUT2D eigenvalue weighted by atomic mass is 16.2. The van der Waals surface area contributed by atoms with Gasteiger partial charge < -0.3 is 5.32 Å². The molecule has 0 fully saturated rings. The average Bonchev–Trinajstić information content (AvgIpc) is 2.85. The van der Waals surface area contributed by atoms with Crippen molar-refractivity contribution in [1.29, 1.82) is 0 Å². The van der Waals surface area contributed by atoms with E-state index in [1.165, 1.54) is 27.8 Å². The third-order valence-electron chi connectivity index (χ3n) is 6.82. The highest BCUT2D eigenvalue weighted by Crippen LogP contribution is 2.38. The fourth-order valence-electron chi connectivity index (χ4n) is 4.76. The van der Waals surface area contributed by atoms with Crippen LogP contribution in [0.1, 0.15) is 69.3 Å². The molecular formula is C28H35N5O. The van der Waals surface area contributed by atoms with Crippen LogP contribution in [0.3, 0.4) is 0 Å². The molecular weight excluding hydrogens is 422 g/mol. The topological polar surface area (TPSA) is 78.4 Å². The molecule has 0 bridgehead atoms. The number of pyridine rings is 1. The number of fused-ring (bicyclic) bond motifs is 1. The third-order valence-corrected chi connectivity index (χ3v) is 6.82. The summed E-state index contributed by atoms with van der Waals surface area (Å²) in [7, 11) is 0. The number of aryl methyl sites for hydroxylation is 1. The quantitative estimate of drug-likeness (QED) is 0.457. The molecule has 178 valence electrons. The van der Waals surface area contributed by atoms with Crippen LogP contribution in [0.5, 0.6) is 0 Å². The maximum Gasteiger partial charge on any atom is 0.333 e. The Morgan fingerprint density at radius 2 is 1.94 bits per heavy atom. The molecule has 1 aliphatic carbocycles. The molecule has 4 rings (SSSR count). The summed E-state index contributed by atoms with van der Waals surface area (Å²) in [4.78, 5) is 21.9. The van der Waals surface area contributed by atoms with Crippen molar-refractivity contribution in [3.8, 4) is 0 Å². The highest BCUT2D eigenvalue weighted by molar-refractivity contribution is 6.00. The van der Waals surface area contributed by atoms with Crippen molar-refractivity contribution in [2.75, 3.05) is 18.5 Å². The highest BCUT2D eigenvalue weighted by Gasteiger charge is 2.20. The Bertz CT molecular complexity index is 1250. The number of benzene rings is 1. The van der Waals surface area contributed by atoms with Crippen molar-refractivity contribution in [2.45, 2.75) is 60.3 Å². The molecule has 0 saturated carbocycles. The van der Waals surface area contributed by atoms with Gasteiger partial charge in [-0.15, -0.1) is 0 Å². The molecule has 0 unspecified atom stereocenters. The van der Waals surface area contributed by atoms with Crippen molar-refractivity contribution < 1.29 is 4.79 Å². The summed E-state index contributed by atoms with van der Waals surface area (Å²) in [5.41, 5.74) is 17.5. The van der Waals surface area contributed by atoms with Crippen molar-refractivity contribution in [2.24, 2.45) is 4.99 Å². The first-order chi connectivity index (χ1) is 16.4. The van der Waals surface area contributed by atoms with Crippen molar-refractivity contribution in [1.82, 2.24) is 15.7 Å². The molecule has 0 atom stereocenters. The van der Waals surface area contributed by atoms with E-state index in [0.717, 1.165) is 59.1 Å². The maximum absolute atomic E-state index is 12.2. The predicted molar refractivity (Wildman–Crippen MR) is 143 cm³/mol. The van der Waals surface area contributed by atoms with Gasteiger partial charge in [-0.2, -0.15) is 0 Å². The molecule has 0 saturated heterocycles. The number of allylic oxidation sites excluding steroid dienone is 5. The van der Waals surface area contributed by atoms with E-state index in [1.807, 2.05) is 13.1 Å². The molecule has 2 aliphatic rings. The number of dihydropyridines is 1. The molecule has 3 N–H and O–H groups in total. The van der Waals surface area contributed by atoms with Crippen LogP contribution in [0.25, 0.3) is 22.0 Å². The first kappa shape index (κ1) is 23.7. The van der Waals surface area contributed by atoms with E-state index in [4.69, 9.17) is 4.98 Å². The van der Waals surface area contributed by atoms with Gasteiger partial charge in [0.15, 0.2) is 0 Å². The molecule has 1 aliphatic heterocycles. The van der Waals surface area contributed by atoms with Crippen LogP contribution in [0.15, 0.2) is 40.4 Å². The first-order valence-electron chi connectivity index (χ1n) is 12.3. The number of nitrogens with zero attached hydrogens (tertiary/aromatic N) is 2. The average molecular weight is 458 g/mol. The van der Waals surface area contributed by atoms with Gasteiger partial charge in [-0.05, 0) is 86.9 Å². The fourth-order valence-corrected chi connectivity index (χ4v) is 4.76. The standard InChI is InChI=1S/C28H35N5O/c1-6-20-14-22(23-12-8-10-17(3)18(23)4)15-24-26(32-33-28(34)30-7-2)19(5)25(31-27(20)24)21-11-9-13-29-16-21/h11-15H,6-10,16H2,1-5H3,(H,31,32)(H2,30,33,34). The largest absolute Gasteiger partial charge is 0.337 e. The summed E-state index contributed by atoms with van der Waals surface area (Å²) in [6.45, 7) is 11.8. The summed E-state index contributed by atoms with van der Waals surface area (Å²) in [6.07, 6.45) is 10.3. The second-order valence-corrected chi connectivity index (χ2v) is 9.01. The number of hydrogen-bond acceptors (Lipinski definition) is 4. The zero-order chi connectivity index (χ0) is 24.2. The summed E-state index contributed by atoms with van der Waals surface area (Å²) < 4.78 is 0. The maximum atomic E-state index is 12.2. The molecule has 0 radical (unpaired) electrons. The van der Waals surface area contributed by atoms with Gasteiger partial charge in [0, 0.05) is 30.1 Å². The summed E-state index contributed by atoms with van der Waals surface area (Å²) in [5, 5.41) is 3.80. The minimum absolute atomic E-state index is 0.258. The van der Waals surface area contributed by atoms with E-state index < -0.39 is 0 Å². The number of anilines is 1. The first-order valence-corrected chi connectivity index (χ1v) is 12.3. The van der Waals surface area contributed by atoms with Gasteiger partial charge in [-0.25, -0.2) is 9.78 Å². The predicted octanol–water partition coefficient (Wildman–Crippen LogP) is 6.12. The number of aromatic nitrogens is 1. The van der Waals surface area contributed by atoms with Crippen LogP contribution in [0.4, 0.5) is 10.5 Å². The summed E-state index contributed by atoms with van der Waals surface area (Å²) >= 11 is 0. The molecule has 0 spiro atoms. The Morgan fingerprint density at radius 3 is 2.65 bits per heavy atom. The van der Waals surface area contributed by atoms with E-state index in [2.05, 4.69) is 73.1 Å². The van der Waals surface area contributed by atoms with Gasteiger partial charge in [-0.3, -0.25) is 15.8 Å². The Hall–Kier alpha value is -3.41. The van der Waals surface area contributed by atoms with Crippen LogP contribution in [0, 0.1) is 6.92 Å². The number of carbonyl (C=O) groups excluding carboxylic acids is 1. The molecule has 34 heavy (non-hydrogen) atoms. The molecule has 6 heteroatoms. The summed E-state index contributed by atoms with van der Waals surface area (Å²) in [5.74, 6) is 0. The minimum Gasteiger partial charge on any atom is -0.337 e. The van der Waals surface area contributed by atoms with Crippen molar-refractivity contribution in [3.63, 3.8) is 0 Å². The number of hydrogen-bond donors (Lipinski definition) is 3. The molecule has 2 heterocycles. The lowest BCUT2D eigenvalue weighted by atomic mass is 9.86. The lowest BCUT2D eigenvalue weighted by Gasteiger charge is -2.22. The van der Waals surface area contributed by atoms with E-state index in [-0.39, 0.29) is 6.03 Å². The molecule has 1 aromatic carbocycles. The van der Waals surface area contributed by atoms with E-state index >= 15 is 0 Å². The van der Waals surface area contributed by atoms with Gasteiger partial charge in [0.1, 0.15) is 0 Å². The normalized spacial score (nSPS) is 15.8. The van der Waals surface area contributed by atoms with Crippen LogP contribution >= 0.6 is 0 Å². The number of urea groups is 1. The monoisotopic (exact) mass is 457 g/mol. The van der Waals surface area contributed by atoms with Crippen molar-refractivity contribution >= 4 is 40.0 Å². The zero-order valence-corrected chi connectivity index (χ0v) is 20.9. The van der Waals surface area contributed by atoms with Crippen LogP contribution in [-0.4, -0.2) is 30.3 Å². The molecule has 2 aromatic rings. The Morgan fingerprint density at radius 1 is 1.12 bits per heavy atom. The lowest BCUT2D eigenvalue weighted by molar-refractivity contribution is 0.243. The Labute approximate surface area is 202 Å². The van der Waals surface area contributed by atoms with E-state index in [0.29, 0.717) is 13.1 Å². The van der Waals surface area contributed by atoms with Gasteiger partial charge in [0.2, 0.25) is 0 Å². The number of nitrogens with one attached hydrogen (secondary N) is 3. The lowest BCUT2D eigenvalue weighted by Crippen LogP contribution is -2.39. The fraction of sp³-hybridized carbons (Fsp3) is 0.393. The third kappa shape index (κ3) is 4.63. The zero-order valence-electron chi connectivity index (χ0n) is 20.9. The molecule has 2 amide bonds. The number of hydrazine groups is 1. The Balaban J connectivity index is 1.92. The van der Waals surface area contributed by atoms with Gasteiger partial charge in [-0.1, -0.05) is 24.6 Å². The van der Waals surface area contributed by atoms with Gasteiger partial charge >= 0.3 is 6.03 Å². The number of rotatable bonds is 6. The van der Waals surface area contributed by atoms with Crippen LogP contribution in [-0.2, 0) is 6.42 Å². The Kier molecular flexibility index (Phi) is 7.15. The van der Waals surface area contributed by atoms with Crippen LogP contribution < -0.4 is 16.2 Å². The van der Waals surface area contributed by atoms with Gasteiger partial charge in [0.05, 0.1) is 23.4 Å². The van der Waals surface area contributed by atoms with Crippen LogP contribution in [0.2, 0.25) is 0 Å². The number of aliphatic imine (C=N–C) groups is 1. The number of carbonyl (C=O) groups is 1. The van der Waals surface area contributed by atoms with E-state index in [1.54, 1.807) is 0 Å².